The largest absolute Gasteiger partial charge is 0.492 e. The van der Waals surface area contributed by atoms with Gasteiger partial charge in [0.25, 0.3) is 5.91 Å². The molecule has 3 aromatic carbocycles. The summed E-state index contributed by atoms with van der Waals surface area (Å²) in [7, 11) is 1.26. The first-order valence-electron chi connectivity index (χ1n) is 11.2. The molecule has 1 amide bonds. The smallest absolute Gasteiger partial charge is 0.328 e. The number of rotatable bonds is 10. The van der Waals surface area contributed by atoms with Crippen molar-refractivity contribution in [3.05, 3.63) is 87.9 Å². The van der Waals surface area contributed by atoms with Crippen molar-refractivity contribution in [1.82, 2.24) is 15.3 Å². The van der Waals surface area contributed by atoms with E-state index in [0.29, 0.717) is 24.8 Å². The first-order chi connectivity index (χ1) is 17.4. The molecule has 0 saturated carbocycles. The summed E-state index contributed by atoms with van der Waals surface area (Å²) in [6, 6.07) is 18.9. The van der Waals surface area contributed by atoms with Crippen LogP contribution in [-0.4, -0.2) is 48.1 Å². The Morgan fingerprint density at radius 2 is 1.72 bits per heavy atom. The summed E-state index contributed by atoms with van der Waals surface area (Å²) >= 11 is 12.2. The molecule has 0 aliphatic heterocycles. The molecule has 4 aromatic rings. The molecule has 0 aliphatic carbocycles. The van der Waals surface area contributed by atoms with Crippen molar-refractivity contribution in [3.63, 3.8) is 0 Å². The third kappa shape index (κ3) is 6.27. The Kier molecular flexibility index (Phi) is 8.30. The summed E-state index contributed by atoms with van der Waals surface area (Å²) in [5.74, 6) is 0.220. The van der Waals surface area contributed by atoms with E-state index in [9.17, 15) is 9.59 Å². The minimum Gasteiger partial charge on any atom is -0.492 e. The van der Waals surface area contributed by atoms with Crippen molar-refractivity contribution < 1.29 is 19.1 Å². The second kappa shape index (κ2) is 11.8. The molecule has 1 aromatic heterocycles. The highest BCUT2D eigenvalue weighted by Gasteiger charge is 2.25. The van der Waals surface area contributed by atoms with Gasteiger partial charge in [-0.2, -0.15) is 0 Å². The van der Waals surface area contributed by atoms with Gasteiger partial charge in [-0.05, 0) is 42.0 Å². The number of aromatic amines is 1. The quantitative estimate of drug-likeness (QED) is 0.201. The number of anilines is 1. The number of hydrogen-bond acceptors (Lipinski definition) is 6. The molecule has 0 fully saturated rings. The highest BCUT2D eigenvalue weighted by molar-refractivity contribution is 6.39. The highest BCUT2D eigenvalue weighted by Crippen LogP contribution is 2.24. The number of methoxy groups -OCH3 is 1. The third-order valence-corrected chi connectivity index (χ3v) is 6.03. The normalized spacial score (nSPS) is 11.6. The SMILES string of the molecule is COC(=O)[C@H](Cc1ccc(OCCNc2nc3ccccc3[nH]2)cc1)NC(=O)c1c(Cl)cccc1Cl. The number of imidazole rings is 1. The molecule has 0 saturated heterocycles. The number of nitrogens with zero attached hydrogens (tertiary/aromatic N) is 1. The molecule has 0 radical (unpaired) electrons. The van der Waals surface area contributed by atoms with Crippen LogP contribution in [0.3, 0.4) is 0 Å². The standard InChI is InChI=1S/C26H24Cl2N4O4/c1-35-25(34)22(30-24(33)23-18(27)5-4-6-19(23)28)15-16-9-11-17(12-10-16)36-14-13-29-26-31-20-7-2-3-8-21(20)32-26/h2-12,22H,13-15H2,1H3,(H,30,33)(H2,29,31,32)/t22-/m0/s1. The van der Waals surface area contributed by atoms with E-state index in [4.69, 9.17) is 32.7 Å². The zero-order chi connectivity index (χ0) is 25.5. The first kappa shape index (κ1) is 25.3. The Morgan fingerprint density at radius 1 is 1.00 bits per heavy atom. The minimum atomic E-state index is -0.922. The van der Waals surface area contributed by atoms with Gasteiger partial charge in [0.1, 0.15) is 18.4 Å². The average molecular weight is 527 g/mol. The summed E-state index contributed by atoms with van der Waals surface area (Å²) in [5.41, 5.74) is 2.78. The number of para-hydroxylation sites is 2. The van der Waals surface area contributed by atoms with E-state index in [2.05, 4.69) is 20.6 Å². The van der Waals surface area contributed by atoms with Crippen LogP contribution in [0.2, 0.25) is 10.0 Å². The van der Waals surface area contributed by atoms with E-state index in [1.54, 1.807) is 30.3 Å². The molecule has 0 bridgehead atoms. The fraction of sp³-hybridized carbons (Fsp3) is 0.192. The monoisotopic (exact) mass is 526 g/mol. The highest BCUT2D eigenvalue weighted by atomic mass is 35.5. The van der Waals surface area contributed by atoms with Crippen molar-refractivity contribution in [3.8, 4) is 5.75 Å². The summed E-state index contributed by atoms with van der Waals surface area (Å²) in [5, 5.41) is 6.25. The molecule has 0 spiro atoms. The minimum absolute atomic E-state index is 0.106. The molecule has 0 aliphatic rings. The Balaban J connectivity index is 1.31. The Bertz CT molecular complexity index is 1300. The fourth-order valence-electron chi connectivity index (χ4n) is 3.61. The van der Waals surface area contributed by atoms with Crippen LogP contribution >= 0.6 is 23.2 Å². The van der Waals surface area contributed by atoms with Gasteiger partial charge in [0.2, 0.25) is 5.95 Å². The van der Waals surface area contributed by atoms with E-state index in [1.165, 1.54) is 7.11 Å². The number of fused-ring (bicyclic) bond motifs is 1. The van der Waals surface area contributed by atoms with E-state index >= 15 is 0 Å². The predicted molar refractivity (Wildman–Crippen MR) is 140 cm³/mol. The number of aromatic nitrogens is 2. The lowest BCUT2D eigenvalue weighted by atomic mass is 10.0. The van der Waals surface area contributed by atoms with Crippen LogP contribution in [0.5, 0.6) is 5.75 Å². The van der Waals surface area contributed by atoms with E-state index in [-0.39, 0.29) is 22.0 Å². The Morgan fingerprint density at radius 3 is 2.42 bits per heavy atom. The molecule has 0 unspecified atom stereocenters. The van der Waals surface area contributed by atoms with Crippen LogP contribution < -0.4 is 15.4 Å². The topological polar surface area (TPSA) is 105 Å². The maximum atomic E-state index is 12.7. The summed E-state index contributed by atoms with van der Waals surface area (Å²) in [4.78, 5) is 32.7. The summed E-state index contributed by atoms with van der Waals surface area (Å²) in [6.07, 6.45) is 0.217. The molecular weight excluding hydrogens is 503 g/mol. The zero-order valence-electron chi connectivity index (χ0n) is 19.4. The van der Waals surface area contributed by atoms with Gasteiger partial charge in [-0.3, -0.25) is 4.79 Å². The second-order valence-corrected chi connectivity index (χ2v) is 8.69. The molecule has 10 heteroatoms. The van der Waals surface area contributed by atoms with E-state index in [1.807, 2.05) is 36.4 Å². The van der Waals surface area contributed by atoms with Crippen LogP contribution in [0.1, 0.15) is 15.9 Å². The number of hydrogen-bond donors (Lipinski definition) is 3. The van der Waals surface area contributed by atoms with Crippen LogP contribution in [0.4, 0.5) is 5.95 Å². The van der Waals surface area contributed by atoms with Gasteiger partial charge in [-0.1, -0.05) is 53.5 Å². The van der Waals surface area contributed by atoms with Gasteiger partial charge in [0.05, 0.1) is 40.3 Å². The van der Waals surface area contributed by atoms with Gasteiger partial charge < -0.3 is 25.1 Å². The van der Waals surface area contributed by atoms with Gasteiger partial charge in [-0.25, -0.2) is 9.78 Å². The molecule has 1 atom stereocenters. The number of benzene rings is 3. The van der Waals surface area contributed by atoms with Crippen molar-refractivity contribution >= 4 is 52.1 Å². The number of halogens is 2. The lowest BCUT2D eigenvalue weighted by Gasteiger charge is -2.18. The number of carbonyl (C=O) groups is 2. The number of ether oxygens (including phenoxy) is 2. The van der Waals surface area contributed by atoms with E-state index < -0.39 is 17.9 Å². The van der Waals surface area contributed by atoms with Gasteiger partial charge in [0.15, 0.2) is 0 Å². The van der Waals surface area contributed by atoms with Crippen molar-refractivity contribution in [2.45, 2.75) is 12.5 Å². The maximum Gasteiger partial charge on any atom is 0.328 e. The zero-order valence-corrected chi connectivity index (χ0v) is 20.9. The number of amides is 1. The van der Waals surface area contributed by atoms with Crippen LogP contribution in [0.15, 0.2) is 66.7 Å². The van der Waals surface area contributed by atoms with Crippen molar-refractivity contribution in [2.24, 2.45) is 0 Å². The molecule has 186 valence electrons. The second-order valence-electron chi connectivity index (χ2n) is 7.87. The molecule has 8 nitrogen and oxygen atoms in total. The number of carbonyl (C=O) groups excluding carboxylic acids is 2. The van der Waals surface area contributed by atoms with Gasteiger partial charge in [-0.15, -0.1) is 0 Å². The van der Waals surface area contributed by atoms with Crippen LogP contribution in [-0.2, 0) is 16.0 Å². The molecule has 1 heterocycles. The maximum absolute atomic E-state index is 12.7. The Hall–Kier alpha value is -3.75. The lowest BCUT2D eigenvalue weighted by molar-refractivity contribution is -0.142. The van der Waals surface area contributed by atoms with E-state index in [0.717, 1.165) is 16.6 Å². The van der Waals surface area contributed by atoms with Crippen LogP contribution in [0, 0.1) is 0 Å². The first-order valence-corrected chi connectivity index (χ1v) is 11.9. The lowest BCUT2D eigenvalue weighted by Crippen LogP contribution is -2.43. The Labute approximate surface area is 217 Å². The van der Waals surface area contributed by atoms with Crippen molar-refractivity contribution in [1.29, 1.82) is 0 Å². The molecule has 36 heavy (non-hydrogen) atoms. The summed E-state index contributed by atoms with van der Waals surface area (Å²) < 4.78 is 10.7. The average Bonchev–Trinajstić information content (AvgIpc) is 3.29. The number of esters is 1. The number of H-pyrrole nitrogens is 1. The number of nitrogens with one attached hydrogen (secondary N) is 3. The van der Waals surface area contributed by atoms with Gasteiger partial charge in [0, 0.05) is 6.42 Å². The molecule has 3 N–H and O–H groups in total. The molecular formula is C26H24Cl2N4O4. The van der Waals surface area contributed by atoms with Crippen LogP contribution in [0.25, 0.3) is 11.0 Å². The summed E-state index contributed by atoms with van der Waals surface area (Å²) in [6.45, 7) is 0.985. The predicted octanol–water partition coefficient (Wildman–Crippen LogP) is 4.87. The third-order valence-electron chi connectivity index (χ3n) is 5.40. The fourth-order valence-corrected chi connectivity index (χ4v) is 4.18. The van der Waals surface area contributed by atoms with Crippen molar-refractivity contribution in [2.75, 3.05) is 25.6 Å². The van der Waals surface area contributed by atoms with Gasteiger partial charge >= 0.3 is 5.97 Å². The molecule has 4 rings (SSSR count).